The van der Waals surface area contributed by atoms with Gasteiger partial charge in [-0.3, -0.25) is 9.78 Å². The first-order chi connectivity index (χ1) is 14.1. The molecule has 1 aromatic heterocycles. The van der Waals surface area contributed by atoms with Crippen LogP contribution in [0, 0.1) is 0 Å². The predicted octanol–water partition coefficient (Wildman–Crippen LogP) is 5.18. The molecule has 1 fully saturated rings. The number of halogens is 1. The molecular formula is C22H21ClN2O4. The molecule has 0 unspecified atom stereocenters. The van der Waals surface area contributed by atoms with E-state index in [1.54, 1.807) is 43.6 Å². The number of rotatable bonds is 5. The lowest BCUT2D eigenvalue weighted by Crippen LogP contribution is -2.15. The number of anilines is 1. The number of carbonyl (C=O) groups excluding carboxylic acids is 1. The maximum atomic E-state index is 12.9. The average Bonchev–Trinajstić information content (AvgIpc) is 3.25. The third-order valence-electron chi connectivity index (χ3n) is 5.09. The topological polar surface area (TPSA) is 80.7 Å². The summed E-state index contributed by atoms with van der Waals surface area (Å²) < 4.78 is 11.5. The fraction of sp³-hybridized carbons (Fsp3) is 0.273. The zero-order chi connectivity index (χ0) is 20.4. The minimum Gasteiger partial charge on any atom is -0.504 e. The Labute approximate surface area is 173 Å². The molecule has 0 saturated heterocycles. The SMILES string of the molecule is COc1ccc(C(=O)Nc2cc(Cl)c(O)c3ncccc23)cc1OC1CCCC1. The molecule has 0 bridgehead atoms. The number of fused-ring (bicyclic) bond motifs is 1. The summed E-state index contributed by atoms with van der Waals surface area (Å²) in [5.74, 6) is 0.714. The highest BCUT2D eigenvalue weighted by Crippen LogP contribution is 2.37. The van der Waals surface area contributed by atoms with Gasteiger partial charge >= 0.3 is 0 Å². The van der Waals surface area contributed by atoms with Crippen LogP contribution in [0.1, 0.15) is 36.0 Å². The Kier molecular flexibility index (Phi) is 5.45. The summed E-state index contributed by atoms with van der Waals surface area (Å²) >= 11 is 6.10. The van der Waals surface area contributed by atoms with E-state index in [-0.39, 0.29) is 22.8 Å². The van der Waals surface area contributed by atoms with Crippen LogP contribution < -0.4 is 14.8 Å². The molecule has 6 nitrogen and oxygen atoms in total. The van der Waals surface area contributed by atoms with Crippen molar-refractivity contribution in [3.8, 4) is 17.2 Å². The molecule has 1 aliphatic rings. The van der Waals surface area contributed by atoms with Gasteiger partial charge < -0.3 is 19.9 Å². The third-order valence-corrected chi connectivity index (χ3v) is 5.38. The lowest BCUT2D eigenvalue weighted by Gasteiger charge is -2.17. The van der Waals surface area contributed by atoms with Crippen LogP contribution >= 0.6 is 11.6 Å². The van der Waals surface area contributed by atoms with Crippen LogP contribution in [0.15, 0.2) is 42.6 Å². The summed E-state index contributed by atoms with van der Waals surface area (Å²) in [5, 5.41) is 13.7. The van der Waals surface area contributed by atoms with Gasteiger partial charge in [-0.05, 0) is 62.1 Å². The molecule has 0 atom stereocenters. The number of phenols is 1. The molecule has 4 rings (SSSR count). The van der Waals surface area contributed by atoms with Gasteiger partial charge in [0, 0.05) is 17.1 Å². The van der Waals surface area contributed by atoms with Crippen molar-refractivity contribution in [2.24, 2.45) is 0 Å². The average molecular weight is 413 g/mol. The van der Waals surface area contributed by atoms with E-state index >= 15 is 0 Å². The Balaban J connectivity index is 1.63. The monoisotopic (exact) mass is 412 g/mol. The van der Waals surface area contributed by atoms with Gasteiger partial charge in [-0.2, -0.15) is 0 Å². The molecule has 150 valence electrons. The van der Waals surface area contributed by atoms with E-state index in [0.29, 0.717) is 33.7 Å². The Morgan fingerprint density at radius 2 is 2.00 bits per heavy atom. The maximum absolute atomic E-state index is 12.9. The van der Waals surface area contributed by atoms with Crippen molar-refractivity contribution in [1.82, 2.24) is 4.98 Å². The normalized spacial score (nSPS) is 14.1. The number of ether oxygens (including phenoxy) is 2. The van der Waals surface area contributed by atoms with Crippen LogP contribution in [0.5, 0.6) is 17.2 Å². The van der Waals surface area contributed by atoms with Gasteiger partial charge in [-0.15, -0.1) is 0 Å². The number of hydrogen-bond acceptors (Lipinski definition) is 5. The molecule has 1 saturated carbocycles. The molecule has 1 amide bonds. The maximum Gasteiger partial charge on any atom is 0.255 e. The van der Waals surface area contributed by atoms with Crippen molar-refractivity contribution in [1.29, 1.82) is 0 Å². The van der Waals surface area contributed by atoms with Crippen molar-refractivity contribution in [2.75, 3.05) is 12.4 Å². The number of carbonyl (C=O) groups is 1. The molecule has 2 aromatic carbocycles. The summed E-state index contributed by atoms with van der Waals surface area (Å²) in [6.45, 7) is 0. The van der Waals surface area contributed by atoms with Crippen LogP contribution in [0.2, 0.25) is 5.02 Å². The second-order valence-electron chi connectivity index (χ2n) is 7.00. The van der Waals surface area contributed by atoms with Crippen LogP contribution in [-0.2, 0) is 0 Å². The van der Waals surface area contributed by atoms with Crippen LogP contribution in [0.4, 0.5) is 5.69 Å². The number of benzene rings is 2. The van der Waals surface area contributed by atoms with Gasteiger partial charge in [0.05, 0.1) is 23.9 Å². The first-order valence-corrected chi connectivity index (χ1v) is 9.87. The smallest absolute Gasteiger partial charge is 0.255 e. The Morgan fingerprint density at radius 1 is 1.21 bits per heavy atom. The Bertz CT molecular complexity index is 1060. The minimum absolute atomic E-state index is 0.114. The van der Waals surface area contributed by atoms with E-state index in [0.717, 1.165) is 25.7 Å². The molecule has 2 N–H and O–H groups in total. The van der Waals surface area contributed by atoms with Gasteiger partial charge in [-0.25, -0.2) is 0 Å². The van der Waals surface area contributed by atoms with Gasteiger partial charge in [0.25, 0.3) is 5.91 Å². The van der Waals surface area contributed by atoms with Crippen LogP contribution in [-0.4, -0.2) is 29.2 Å². The molecular weight excluding hydrogens is 392 g/mol. The molecule has 0 spiro atoms. The van der Waals surface area contributed by atoms with E-state index < -0.39 is 0 Å². The third kappa shape index (κ3) is 3.93. The van der Waals surface area contributed by atoms with Crippen LogP contribution in [0.3, 0.4) is 0 Å². The number of hydrogen-bond donors (Lipinski definition) is 2. The number of methoxy groups -OCH3 is 1. The number of phenolic OH excluding ortho intramolecular Hbond substituents is 1. The molecule has 1 heterocycles. The number of nitrogens with zero attached hydrogens (tertiary/aromatic N) is 1. The highest BCUT2D eigenvalue weighted by Gasteiger charge is 2.20. The molecule has 0 radical (unpaired) electrons. The second-order valence-corrected chi connectivity index (χ2v) is 7.41. The number of nitrogens with one attached hydrogen (secondary N) is 1. The van der Waals surface area contributed by atoms with Crippen molar-refractivity contribution >= 4 is 34.1 Å². The lowest BCUT2D eigenvalue weighted by molar-refractivity contribution is 0.102. The van der Waals surface area contributed by atoms with E-state index in [2.05, 4.69) is 10.3 Å². The van der Waals surface area contributed by atoms with Crippen molar-refractivity contribution in [2.45, 2.75) is 31.8 Å². The quantitative estimate of drug-likeness (QED) is 0.564. The zero-order valence-corrected chi connectivity index (χ0v) is 16.7. The summed E-state index contributed by atoms with van der Waals surface area (Å²) in [6.07, 6.45) is 6.01. The Morgan fingerprint density at radius 3 is 2.76 bits per heavy atom. The molecule has 0 aliphatic heterocycles. The van der Waals surface area contributed by atoms with Crippen LogP contribution in [0.25, 0.3) is 10.9 Å². The summed E-state index contributed by atoms with van der Waals surface area (Å²) in [6, 6.07) is 10.1. The van der Waals surface area contributed by atoms with E-state index in [9.17, 15) is 9.90 Å². The molecule has 7 heteroatoms. The summed E-state index contributed by atoms with van der Waals surface area (Å²) in [7, 11) is 1.58. The Hall–Kier alpha value is -2.99. The fourth-order valence-corrected chi connectivity index (χ4v) is 3.79. The number of amides is 1. The van der Waals surface area contributed by atoms with E-state index in [1.165, 1.54) is 6.07 Å². The van der Waals surface area contributed by atoms with Gasteiger partial charge in [-0.1, -0.05) is 11.6 Å². The number of pyridine rings is 1. The fourth-order valence-electron chi connectivity index (χ4n) is 3.59. The summed E-state index contributed by atoms with van der Waals surface area (Å²) in [4.78, 5) is 17.1. The van der Waals surface area contributed by atoms with E-state index in [1.807, 2.05) is 0 Å². The molecule has 29 heavy (non-hydrogen) atoms. The molecule has 1 aliphatic carbocycles. The second kappa shape index (κ2) is 8.17. The predicted molar refractivity (Wildman–Crippen MR) is 112 cm³/mol. The summed E-state index contributed by atoms with van der Waals surface area (Å²) in [5.41, 5.74) is 1.23. The van der Waals surface area contributed by atoms with Crippen molar-refractivity contribution in [3.05, 3.63) is 53.2 Å². The zero-order valence-electron chi connectivity index (χ0n) is 15.9. The first-order valence-electron chi connectivity index (χ1n) is 9.49. The van der Waals surface area contributed by atoms with E-state index in [4.69, 9.17) is 21.1 Å². The van der Waals surface area contributed by atoms with Crippen molar-refractivity contribution < 1.29 is 19.4 Å². The number of aromatic nitrogens is 1. The van der Waals surface area contributed by atoms with Gasteiger partial charge in [0.1, 0.15) is 5.52 Å². The highest BCUT2D eigenvalue weighted by molar-refractivity contribution is 6.34. The van der Waals surface area contributed by atoms with Gasteiger partial charge in [0.15, 0.2) is 17.2 Å². The standard InChI is InChI=1S/C22H21ClN2O4/c1-28-18-9-8-13(11-19(18)29-14-5-2-3-6-14)22(27)25-17-12-16(23)21(26)20-15(17)7-4-10-24-20/h4,7-12,14,26H,2-3,5-6H2,1H3,(H,25,27). The first kappa shape index (κ1) is 19.3. The largest absolute Gasteiger partial charge is 0.504 e. The lowest BCUT2D eigenvalue weighted by atomic mass is 10.1. The highest BCUT2D eigenvalue weighted by atomic mass is 35.5. The molecule has 3 aromatic rings. The van der Waals surface area contributed by atoms with Gasteiger partial charge in [0.2, 0.25) is 0 Å². The van der Waals surface area contributed by atoms with Crippen molar-refractivity contribution in [3.63, 3.8) is 0 Å². The minimum atomic E-state index is -0.323. The number of aromatic hydroxyl groups is 1.